The van der Waals surface area contributed by atoms with E-state index in [2.05, 4.69) is 62.1 Å². The van der Waals surface area contributed by atoms with Gasteiger partial charge in [0.2, 0.25) is 0 Å². The van der Waals surface area contributed by atoms with Crippen LogP contribution in [0, 0.1) is 5.41 Å². The van der Waals surface area contributed by atoms with Gasteiger partial charge in [0.05, 0.1) is 0 Å². The molecule has 0 spiro atoms. The first-order valence-electron chi connectivity index (χ1n) is 7.05. The van der Waals surface area contributed by atoms with Crippen LogP contribution < -0.4 is 5.32 Å². The van der Waals surface area contributed by atoms with Crippen molar-refractivity contribution in [3.63, 3.8) is 0 Å². The fourth-order valence-corrected chi connectivity index (χ4v) is 4.04. The molecule has 1 fully saturated rings. The van der Waals surface area contributed by atoms with Crippen molar-refractivity contribution in [2.45, 2.75) is 46.1 Å². The van der Waals surface area contributed by atoms with Crippen molar-refractivity contribution < 1.29 is 0 Å². The van der Waals surface area contributed by atoms with Crippen molar-refractivity contribution in [3.8, 4) is 0 Å². The van der Waals surface area contributed by atoms with Gasteiger partial charge in [-0.05, 0) is 41.7 Å². The van der Waals surface area contributed by atoms with E-state index >= 15 is 0 Å². The van der Waals surface area contributed by atoms with E-state index in [-0.39, 0.29) is 0 Å². The highest BCUT2D eigenvalue weighted by molar-refractivity contribution is 7.99. The highest BCUT2D eigenvalue weighted by Crippen LogP contribution is 2.35. The van der Waals surface area contributed by atoms with Crippen LogP contribution in [0.4, 0.5) is 5.69 Å². The molecule has 100 valence electrons. The monoisotopic (exact) mass is 263 g/mol. The topological polar surface area (TPSA) is 12.0 Å². The number of hydrogen-bond acceptors (Lipinski definition) is 2. The second-order valence-electron chi connectivity index (χ2n) is 5.96. The third-order valence-electron chi connectivity index (χ3n) is 3.95. The van der Waals surface area contributed by atoms with Gasteiger partial charge in [0, 0.05) is 17.5 Å². The van der Waals surface area contributed by atoms with E-state index in [1.54, 1.807) is 0 Å². The zero-order valence-corrected chi connectivity index (χ0v) is 12.6. The summed E-state index contributed by atoms with van der Waals surface area (Å²) in [6.45, 7) is 7.00. The fourth-order valence-electron chi connectivity index (χ4n) is 2.43. The maximum absolute atomic E-state index is 3.72. The molecule has 1 saturated heterocycles. The van der Waals surface area contributed by atoms with Gasteiger partial charge in [-0.2, -0.15) is 11.8 Å². The number of hydrogen-bond donors (Lipinski definition) is 1. The summed E-state index contributed by atoms with van der Waals surface area (Å²) < 4.78 is 0. The Labute approximate surface area is 116 Å². The molecule has 18 heavy (non-hydrogen) atoms. The van der Waals surface area contributed by atoms with E-state index in [0.717, 1.165) is 0 Å². The maximum atomic E-state index is 3.72. The average molecular weight is 263 g/mol. The van der Waals surface area contributed by atoms with Crippen molar-refractivity contribution >= 4 is 17.4 Å². The molecule has 0 amide bonds. The van der Waals surface area contributed by atoms with E-state index in [1.165, 1.54) is 42.0 Å². The minimum absolute atomic E-state index is 0.410. The molecular weight excluding hydrogens is 238 g/mol. The van der Waals surface area contributed by atoms with Crippen molar-refractivity contribution in [2.75, 3.05) is 16.8 Å². The number of thioether (sulfide) groups is 1. The second-order valence-corrected chi connectivity index (χ2v) is 7.11. The zero-order valence-electron chi connectivity index (χ0n) is 11.8. The van der Waals surface area contributed by atoms with E-state index in [4.69, 9.17) is 0 Å². The van der Waals surface area contributed by atoms with Crippen LogP contribution in [0.2, 0.25) is 0 Å². The van der Waals surface area contributed by atoms with Gasteiger partial charge in [0.25, 0.3) is 0 Å². The van der Waals surface area contributed by atoms with Crippen LogP contribution in [-0.4, -0.2) is 17.5 Å². The molecule has 0 radical (unpaired) electrons. The minimum atomic E-state index is 0.410. The predicted octanol–water partition coefficient (Wildman–Crippen LogP) is 4.58. The highest BCUT2D eigenvalue weighted by atomic mass is 32.2. The van der Waals surface area contributed by atoms with Crippen LogP contribution in [0.15, 0.2) is 24.3 Å². The Balaban J connectivity index is 1.99. The molecule has 1 aliphatic heterocycles. The number of benzene rings is 1. The van der Waals surface area contributed by atoms with Gasteiger partial charge in [0.15, 0.2) is 0 Å². The lowest BCUT2D eigenvalue weighted by molar-refractivity contribution is 0.305. The van der Waals surface area contributed by atoms with Crippen molar-refractivity contribution in [1.29, 1.82) is 0 Å². The van der Waals surface area contributed by atoms with Crippen LogP contribution in [0.25, 0.3) is 0 Å². The summed E-state index contributed by atoms with van der Waals surface area (Å²) in [5, 5.41) is 3.72. The van der Waals surface area contributed by atoms with E-state index < -0.39 is 0 Å². The molecule has 0 aromatic heterocycles. The maximum Gasteiger partial charge on any atom is 0.0403 e. The van der Waals surface area contributed by atoms with Crippen molar-refractivity contribution in [1.82, 2.24) is 0 Å². The Hall–Kier alpha value is -0.630. The standard InChI is InChI=1S/C16H25NS/c1-4-5-13-6-8-14(9-7-13)17-15-12-18-11-10-16(15,2)3/h6-9,15,17H,4-5,10-12H2,1-3H3. The quantitative estimate of drug-likeness (QED) is 0.853. The molecule has 1 N–H and O–H groups in total. The van der Waals surface area contributed by atoms with E-state index in [1.807, 2.05) is 0 Å². The summed E-state index contributed by atoms with van der Waals surface area (Å²) in [7, 11) is 0. The third-order valence-corrected chi connectivity index (χ3v) is 5.01. The first-order chi connectivity index (χ1) is 8.62. The molecule has 0 bridgehead atoms. The number of anilines is 1. The minimum Gasteiger partial charge on any atom is -0.381 e. The number of nitrogens with one attached hydrogen (secondary N) is 1. The Morgan fingerprint density at radius 3 is 2.61 bits per heavy atom. The molecule has 0 saturated carbocycles. The average Bonchev–Trinajstić information content (AvgIpc) is 2.34. The van der Waals surface area contributed by atoms with Gasteiger partial charge in [-0.3, -0.25) is 0 Å². The van der Waals surface area contributed by atoms with Crippen molar-refractivity contribution in [3.05, 3.63) is 29.8 Å². The summed E-state index contributed by atoms with van der Waals surface area (Å²) in [5.74, 6) is 2.53. The molecule has 1 unspecified atom stereocenters. The second kappa shape index (κ2) is 6.01. The molecule has 1 heterocycles. The molecule has 2 rings (SSSR count). The highest BCUT2D eigenvalue weighted by Gasteiger charge is 2.32. The zero-order chi connectivity index (χ0) is 13.0. The molecule has 0 aliphatic carbocycles. The molecular formula is C16H25NS. The normalized spacial score (nSPS) is 22.7. The smallest absolute Gasteiger partial charge is 0.0403 e. The Kier molecular flexibility index (Phi) is 4.60. The largest absolute Gasteiger partial charge is 0.381 e. The van der Waals surface area contributed by atoms with Gasteiger partial charge in [-0.25, -0.2) is 0 Å². The van der Waals surface area contributed by atoms with Gasteiger partial charge < -0.3 is 5.32 Å². The summed E-state index contributed by atoms with van der Waals surface area (Å²) in [6, 6.07) is 9.58. The Bertz CT molecular complexity index is 369. The first-order valence-corrected chi connectivity index (χ1v) is 8.20. The third kappa shape index (κ3) is 3.44. The summed E-state index contributed by atoms with van der Waals surface area (Å²) in [5.41, 5.74) is 3.13. The predicted molar refractivity (Wildman–Crippen MR) is 83.6 cm³/mol. The van der Waals surface area contributed by atoms with Gasteiger partial charge in [-0.15, -0.1) is 0 Å². The van der Waals surface area contributed by atoms with Gasteiger partial charge in [-0.1, -0.05) is 39.3 Å². The van der Waals surface area contributed by atoms with E-state index in [9.17, 15) is 0 Å². The van der Waals surface area contributed by atoms with Crippen LogP contribution in [0.3, 0.4) is 0 Å². The Morgan fingerprint density at radius 2 is 2.00 bits per heavy atom. The molecule has 1 aliphatic rings. The SMILES string of the molecule is CCCc1ccc(NC2CSCCC2(C)C)cc1. The Morgan fingerprint density at radius 1 is 1.28 bits per heavy atom. The molecule has 1 aromatic rings. The lowest BCUT2D eigenvalue weighted by atomic mass is 9.82. The summed E-state index contributed by atoms with van der Waals surface area (Å²) in [4.78, 5) is 0. The van der Waals surface area contributed by atoms with Gasteiger partial charge >= 0.3 is 0 Å². The first kappa shape index (κ1) is 13.8. The molecule has 1 atom stereocenters. The number of rotatable bonds is 4. The van der Waals surface area contributed by atoms with Crippen LogP contribution in [0.5, 0.6) is 0 Å². The molecule has 1 nitrogen and oxygen atoms in total. The van der Waals surface area contributed by atoms with Crippen LogP contribution in [-0.2, 0) is 6.42 Å². The summed E-state index contributed by atoms with van der Waals surface area (Å²) >= 11 is 2.07. The fraction of sp³-hybridized carbons (Fsp3) is 0.625. The molecule has 2 heteroatoms. The van der Waals surface area contributed by atoms with Gasteiger partial charge in [0.1, 0.15) is 0 Å². The van der Waals surface area contributed by atoms with Crippen molar-refractivity contribution in [2.24, 2.45) is 5.41 Å². The van der Waals surface area contributed by atoms with Crippen LogP contribution >= 0.6 is 11.8 Å². The van der Waals surface area contributed by atoms with E-state index in [0.29, 0.717) is 11.5 Å². The molecule has 1 aromatic carbocycles. The van der Waals surface area contributed by atoms with Crippen LogP contribution in [0.1, 0.15) is 39.2 Å². The lowest BCUT2D eigenvalue weighted by Gasteiger charge is -2.39. The lowest BCUT2D eigenvalue weighted by Crippen LogP contribution is -2.41. The summed E-state index contributed by atoms with van der Waals surface area (Å²) in [6.07, 6.45) is 3.72. The number of aryl methyl sites for hydroxylation is 1.